The van der Waals surface area contributed by atoms with Crippen LogP contribution in [0.4, 0.5) is 0 Å². The van der Waals surface area contributed by atoms with Crippen molar-refractivity contribution >= 4 is 11.9 Å². The summed E-state index contributed by atoms with van der Waals surface area (Å²) in [6, 6.07) is 10.2. The number of amides is 1. The highest BCUT2D eigenvalue weighted by Gasteiger charge is 2.10. The van der Waals surface area contributed by atoms with Crippen molar-refractivity contribution in [1.29, 1.82) is 0 Å². The van der Waals surface area contributed by atoms with Gasteiger partial charge >= 0.3 is 5.97 Å². The van der Waals surface area contributed by atoms with Crippen molar-refractivity contribution in [2.45, 2.75) is 19.8 Å². The second-order valence-electron chi connectivity index (χ2n) is 4.92. The number of nitrogens with one attached hydrogen (secondary N) is 1. The van der Waals surface area contributed by atoms with Gasteiger partial charge in [-0.2, -0.15) is 0 Å². The van der Waals surface area contributed by atoms with Crippen LogP contribution in [0.25, 0.3) is 0 Å². The fourth-order valence-electron chi connectivity index (χ4n) is 1.95. The van der Waals surface area contributed by atoms with Crippen molar-refractivity contribution in [3.63, 3.8) is 0 Å². The molecule has 1 amide bonds. The number of nitrogens with zero attached hydrogens (tertiary/aromatic N) is 1. The van der Waals surface area contributed by atoms with Gasteiger partial charge in [0, 0.05) is 6.54 Å². The van der Waals surface area contributed by atoms with Crippen molar-refractivity contribution in [3.8, 4) is 0 Å². The number of benzene rings is 1. The van der Waals surface area contributed by atoms with Crippen LogP contribution >= 0.6 is 0 Å². The molecule has 0 atom stereocenters. The summed E-state index contributed by atoms with van der Waals surface area (Å²) in [6.45, 7) is 3.09. The van der Waals surface area contributed by atoms with Gasteiger partial charge in [-0.05, 0) is 32.4 Å². The van der Waals surface area contributed by atoms with E-state index in [1.54, 1.807) is 18.9 Å². The average molecular weight is 292 g/mol. The fourth-order valence-corrected chi connectivity index (χ4v) is 1.95. The molecule has 1 aromatic carbocycles. The van der Waals surface area contributed by atoms with Crippen LogP contribution in [0.15, 0.2) is 30.3 Å². The van der Waals surface area contributed by atoms with Gasteiger partial charge in [0.15, 0.2) is 0 Å². The van der Waals surface area contributed by atoms with Crippen molar-refractivity contribution in [2.24, 2.45) is 0 Å². The lowest BCUT2D eigenvalue weighted by Crippen LogP contribution is -2.38. The summed E-state index contributed by atoms with van der Waals surface area (Å²) in [7, 11) is 1.72. The Morgan fingerprint density at radius 2 is 1.90 bits per heavy atom. The molecule has 1 N–H and O–H groups in total. The van der Waals surface area contributed by atoms with Crippen LogP contribution in [0.3, 0.4) is 0 Å². The Kier molecular flexibility index (Phi) is 8.12. The standard InChI is InChI=1S/C16H24N2O3/c1-3-21-16(20)13-18(2)12-15(19)17-11-7-10-14-8-5-4-6-9-14/h4-6,8-9H,3,7,10-13H2,1-2H3,(H,17,19). The summed E-state index contributed by atoms with van der Waals surface area (Å²) in [5, 5.41) is 2.86. The molecule has 21 heavy (non-hydrogen) atoms. The predicted molar refractivity (Wildman–Crippen MR) is 81.9 cm³/mol. The number of ether oxygens (including phenoxy) is 1. The highest BCUT2D eigenvalue weighted by atomic mass is 16.5. The van der Waals surface area contributed by atoms with Crippen LogP contribution in [-0.4, -0.2) is 50.1 Å². The van der Waals surface area contributed by atoms with E-state index in [1.165, 1.54) is 5.56 Å². The summed E-state index contributed by atoms with van der Waals surface area (Å²) >= 11 is 0. The molecule has 0 aliphatic carbocycles. The van der Waals surface area contributed by atoms with E-state index in [-0.39, 0.29) is 25.0 Å². The first-order valence-corrected chi connectivity index (χ1v) is 7.26. The van der Waals surface area contributed by atoms with Crippen LogP contribution < -0.4 is 5.32 Å². The maximum atomic E-state index is 11.7. The first-order valence-electron chi connectivity index (χ1n) is 7.26. The number of aryl methyl sites for hydroxylation is 1. The SMILES string of the molecule is CCOC(=O)CN(C)CC(=O)NCCCc1ccccc1. The van der Waals surface area contributed by atoms with Crippen molar-refractivity contribution in [3.05, 3.63) is 35.9 Å². The van der Waals surface area contributed by atoms with Gasteiger partial charge in [0.1, 0.15) is 0 Å². The molecule has 0 aliphatic heterocycles. The first kappa shape index (κ1) is 17.2. The number of carbonyl (C=O) groups is 2. The highest BCUT2D eigenvalue weighted by Crippen LogP contribution is 2.01. The second kappa shape index (κ2) is 9.94. The van der Waals surface area contributed by atoms with Gasteiger partial charge in [0.25, 0.3) is 0 Å². The number of hydrogen-bond donors (Lipinski definition) is 1. The molecule has 1 rings (SSSR count). The summed E-state index contributed by atoms with van der Waals surface area (Å²) < 4.78 is 4.83. The first-order chi connectivity index (χ1) is 10.1. The highest BCUT2D eigenvalue weighted by molar-refractivity contribution is 5.79. The third-order valence-electron chi connectivity index (χ3n) is 2.93. The van der Waals surface area contributed by atoms with E-state index in [0.717, 1.165) is 12.8 Å². The number of hydrogen-bond acceptors (Lipinski definition) is 4. The zero-order valence-electron chi connectivity index (χ0n) is 12.8. The van der Waals surface area contributed by atoms with Gasteiger partial charge in [-0.15, -0.1) is 0 Å². The summed E-state index contributed by atoms with van der Waals surface area (Å²) in [4.78, 5) is 24.6. The molecule has 0 saturated heterocycles. The maximum Gasteiger partial charge on any atom is 0.320 e. The largest absolute Gasteiger partial charge is 0.465 e. The van der Waals surface area contributed by atoms with Crippen molar-refractivity contribution < 1.29 is 14.3 Å². The molecule has 0 aromatic heterocycles. The van der Waals surface area contributed by atoms with E-state index in [9.17, 15) is 9.59 Å². The lowest BCUT2D eigenvalue weighted by atomic mass is 10.1. The Hall–Kier alpha value is -1.88. The smallest absolute Gasteiger partial charge is 0.320 e. The molecule has 0 bridgehead atoms. The number of esters is 1. The second-order valence-corrected chi connectivity index (χ2v) is 4.92. The molecule has 5 nitrogen and oxygen atoms in total. The number of carbonyl (C=O) groups excluding carboxylic acids is 2. The van der Waals surface area contributed by atoms with E-state index in [1.807, 2.05) is 18.2 Å². The molecule has 0 aliphatic rings. The van der Waals surface area contributed by atoms with Crippen molar-refractivity contribution in [2.75, 3.05) is 33.3 Å². The van der Waals surface area contributed by atoms with Gasteiger partial charge in [0.2, 0.25) is 5.91 Å². The Morgan fingerprint density at radius 3 is 2.57 bits per heavy atom. The van der Waals surface area contributed by atoms with Gasteiger partial charge in [0.05, 0.1) is 19.7 Å². The lowest BCUT2D eigenvalue weighted by Gasteiger charge is -2.15. The number of rotatable bonds is 9. The zero-order chi connectivity index (χ0) is 15.5. The minimum absolute atomic E-state index is 0.0742. The Morgan fingerprint density at radius 1 is 1.19 bits per heavy atom. The van der Waals surface area contributed by atoms with E-state index in [2.05, 4.69) is 17.4 Å². The fraction of sp³-hybridized carbons (Fsp3) is 0.500. The van der Waals surface area contributed by atoms with Crippen LogP contribution in [-0.2, 0) is 20.7 Å². The molecule has 0 radical (unpaired) electrons. The Labute approximate surface area is 126 Å². The lowest BCUT2D eigenvalue weighted by molar-refractivity contribution is -0.144. The van der Waals surface area contributed by atoms with Gasteiger partial charge in [-0.1, -0.05) is 30.3 Å². The van der Waals surface area contributed by atoms with E-state index in [0.29, 0.717) is 13.2 Å². The molecule has 0 unspecified atom stereocenters. The molecular weight excluding hydrogens is 268 g/mol. The third-order valence-corrected chi connectivity index (χ3v) is 2.93. The molecule has 1 aromatic rings. The zero-order valence-corrected chi connectivity index (χ0v) is 12.8. The topological polar surface area (TPSA) is 58.6 Å². The molecular formula is C16H24N2O3. The van der Waals surface area contributed by atoms with E-state index < -0.39 is 0 Å². The Bertz CT molecular complexity index is 434. The summed E-state index contributed by atoms with van der Waals surface area (Å²) in [5.41, 5.74) is 1.27. The predicted octanol–water partition coefficient (Wildman–Crippen LogP) is 1.23. The van der Waals surface area contributed by atoms with Crippen LogP contribution in [0.5, 0.6) is 0 Å². The van der Waals surface area contributed by atoms with Gasteiger partial charge < -0.3 is 10.1 Å². The van der Waals surface area contributed by atoms with Gasteiger partial charge in [-0.25, -0.2) is 0 Å². The Balaban J connectivity index is 2.12. The molecule has 0 fully saturated rings. The molecule has 116 valence electrons. The molecule has 5 heteroatoms. The quantitative estimate of drug-likeness (QED) is 0.549. The molecule has 0 spiro atoms. The average Bonchev–Trinajstić information content (AvgIpc) is 2.44. The van der Waals surface area contributed by atoms with Crippen LogP contribution in [0, 0.1) is 0 Å². The summed E-state index contributed by atoms with van der Waals surface area (Å²) in [5.74, 6) is -0.383. The summed E-state index contributed by atoms with van der Waals surface area (Å²) in [6.07, 6.45) is 1.84. The molecule has 0 heterocycles. The van der Waals surface area contributed by atoms with Crippen molar-refractivity contribution in [1.82, 2.24) is 10.2 Å². The van der Waals surface area contributed by atoms with E-state index >= 15 is 0 Å². The van der Waals surface area contributed by atoms with Crippen LogP contribution in [0.1, 0.15) is 18.9 Å². The minimum atomic E-state index is -0.308. The maximum absolute atomic E-state index is 11.7. The number of likely N-dealkylation sites (N-methyl/N-ethyl adjacent to an activating group) is 1. The third kappa shape index (κ3) is 8.09. The normalized spacial score (nSPS) is 10.4. The minimum Gasteiger partial charge on any atom is -0.465 e. The molecule has 0 saturated carbocycles. The van der Waals surface area contributed by atoms with E-state index in [4.69, 9.17) is 4.74 Å². The van der Waals surface area contributed by atoms with Crippen LogP contribution in [0.2, 0.25) is 0 Å². The van der Waals surface area contributed by atoms with Gasteiger partial charge in [-0.3, -0.25) is 14.5 Å². The monoisotopic (exact) mass is 292 g/mol.